The van der Waals surface area contributed by atoms with E-state index in [1.54, 1.807) is 0 Å². The molecule has 0 bridgehead atoms. The van der Waals surface area contributed by atoms with Crippen LogP contribution in [-0.4, -0.2) is 37.2 Å². The molecule has 1 unspecified atom stereocenters. The number of hydrogen-bond acceptors (Lipinski definition) is 6. The van der Waals surface area contributed by atoms with Gasteiger partial charge in [0.15, 0.2) is 6.10 Å². The molecule has 458 valence electrons. The number of esters is 3. The van der Waals surface area contributed by atoms with Crippen LogP contribution in [0, 0.1) is 0 Å². The molecule has 0 N–H and O–H groups in total. The summed E-state index contributed by atoms with van der Waals surface area (Å²) in [6.07, 6.45) is 87.8. The van der Waals surface area contributed by atoms with Gasteiger partial charge in [0.05, 0.1) is 0 Å². The monoisotopic (exact) mass is 1100 g/mol. The topological polar surface area (TPSA) is 78.9 Å². The van der Waals surface area contributed by atoms with Crippen LogP contribution in [0.25, 0.3) is 0 Å². The Morgan fingerprint density at radius 3 is 0.772 bits per heavy atom. The van der Waals surface area contributed by atoms with Crippen LogP contribution in [0.1, 0.15) is 355 Å². The Hall–Kier alpha value is -3.15. The minimum atomic E-state index is -0.770. The molecule has 0 fully saturated rings. The van der Waals surface area contributed by atoms with E-state index in [1.807, 2.05) is 0 Å². The van der Waals surface area contributed by atoms with Gasteiger partial charge in [-0.05, 0) is 70.6 Å². The summed E-state index contributed by atoms with van der Waals surface area (Å²) < 4.78 is 17.0. The maximum Gasteiger partial charge on any atom is 0.306 e. The average Bonchev–Trinajstić information content (AvgIpc) is 3.45. The Kier molecular flexibility index (Phi) is 64.7. The number of ether oxygens (including phenoxy) is 3. The summed E-state index contributed by atoms with van der Waals surface area (Å²) >= 11 is 0. The number of rotatable bonds is 63. The van der Waals surface area contributed by atoms with E-state index in [1.165, 1.54) is 218 Å². The van der Waals surface area contributed by atoms with Gasteiger partial charge < -0.3 is 14.2 Å². The smallest absolute Gasteiger partial charge is 0.306 e. The van der Waals surface area contributed by atoms with Gasteiger partial charge in [-0.2, -0.15) is 0 Å². The van der Waals surface area contributed by atoms with Gasteiger partial charge in [-0.15, -0.1) is 0 Å². The minimum absolute atomic E-state index is 0.0681. The Labute approximate surface area is 491 Å². The number of hydrogen-bond donors (Lipinski definition) is 0. The molecule has 0 amide bonds. The van der Waals surface area contributed by atoms with Gasteiger partial charge in [0.25, 0.3) is 0 Å². The fraction of sp³-hybridized carbons (Fsp3) is 0.795. The number of carbonyl (C=O) groups excluding carboxylic acids is 3. The maximum atomic E-state index is 12.9. The van der Waals surface area contributed by atoms with Crippen molar-refractivity contribution in [2.24, 2.45) is 0 Å². The Balaban J connectivity index is 4.14. The number of carbonyl (C=O) groups is 3. The predicted molar refractivity (Wildman–Crippen MR) is 344 cm³/mol. The quantitative estimate of drug-likeness (QED) is 0.0261. The summed E-state index contributed by atoms with van der Waals surface area (Å²) in [5, 5.41) is 0. The summed E-state index contributed by atoms with van der Waals surface area (Å²) in [5.41, 5.74) is 0. The van der Waals surface area contributed by atoms with Crippen LogP contribution in [-0.2, 0) is 28.6 Å². The van der Waals surface area contributed by atoms with Crippen molar-refractivity contribution in [2.75, 3.05) is 13.2 Å². The van der Waals surface area contributed by atoms with Gasteiger partial charge in [-0.3, -0.25) is 14.4 Å². The fourth-order valence-corrected chi connectivity index (χ4v) is 10.1. The molecule has 6 nitrogen and oxygen atoms in total. The van der Waals surface area contributed by atoms with Crippen molar-refractivity contribution in [3.63, 3.8) is 0 Å². The van der Waals surface area contributed by atoms with Gasteiger partial charge in [-0.25, -0.2) is 0 Å². The van der Waals surface area contributed by atoms with Crippen molar-refractivity contribution in [3.05, 3.63) is 72.9 Å². The molecular formula is C73H130O6. The second-order valence-corrected chi connectivity index (χ2v) is 23.1. The Morgan fingerprint density at radius 1 is 0.266 bits per heavy atom. The van der Waals surface area contributed by atoms with Crippen molar-refractivity contribution in [2.45, 2.75) is 361 Å². The van der Waals surface area contributed by atoms with Crippen LogP contribution >= 0.6 is 0 Å². The highest BCUT2D eigenvalue weighted by Crippen LogP contribution is 2.18. The lowest BCUT2D eigenvalue weighted by Crippen LogP contribution is -2.30. The molecule has 0 saturated carbocycles. The standard InChI is InChI=1S/C73H130O6/c1-4-7-10-13-16-19-22-25-27-29-30-31-32-33-34-35-36-37-38-39-40-41-42-43-44-45-47-48-51-54-57-60-63-66-72(75)78-69-70(68-77-71(74)65-62-59-56-53-50-24-21-18-15-12-9-6-3)79-73(76)67-64-61-58-55-52-49-46-28-26-23-20-17-14-11-8-5-2/h7,10,16,19,25,27,30-31,33-34,36-37,70H,4-6,8-9,11-15,17-18,20-24,26,28-29,32,35,38-69H2,1-3H3/b10-7-,19-16-,27-25-,31-30-,34-33-,37-36-. The van der Waals surface area contributed by atoms with Crippen LogP contribution in [0.2, 0.25) is 0 Å². The lowest BCUT2D eigenvalue weighted by Gasteiger charge is -2.18. The van der Waals surface area contributed by atoms with Crippen LogP contribution in [0.4, 0.5) is 0 Å². The molecule has 0 aromatic heterocycles. The molecule has 0 aromatic rings. The van der Waals surface area contributed by atoms with Crippen molar-refractivity contribution >= 4 is 17.9 Å². The zero-order chi connectivity index (χ0) is 57.1. The van der Waals surface area contributed by atoms with Gasteiger partial charge >= 0.3 is 17.9 Å². The Bertz CT molecular complexity index is 1450. The fourth-order valence-electron chi connectivity index (χ4n) is 10.1. The summed E-state index contributed by atoms with van der Waals surface area (Å²) in [7, 11) is 0. The van der Waals surface area contributed by atoms with E-state index in [2.05, 4.69) is 93.7 Å². The molecule has 1 atom stereocenters. The molecule has 0 spiro atoms. The summed E-state index contributed by atoms with van der Waals surface area (Å²) in [6.45, 7) is 6.57. The van der Waals surface area contributed by atoms with E-state index in [4.69, 9.17) is 14.2 Å². The molecule has 0 rings (SSSR count). The first-order valence-electron chi connectivity index (χ1n) is 34.4. The van der Waals surface area contributed by atoms with E-state index < -0.39 is 6.10 Å². The summed E-state index contributed by atoms with van der Waals surface area (Å²) in [5.74, 6) is -0.846. The lowest BCUT2D eigenvalue weighted by atomic mass is 10.0. The largest absolute Gasteiger partial charge is 0.462 e. The Morgan fingerprint density at radius 2 is 0.494 bits per heavy atom. The molecular weight excluding hydrogens is 973 g/mol. The maximum absolute atomic E-state index is 12.9. The average molecular weight is 1100 g/mol. The van der Waals surface area contributed by atoms with Crippen molar-refractivity contribution in [3.8, 4) is 0 Å². The predicted octanol–water partition coefficient (Wildman–Crippen LogP) is 23.7. The SMILES string of the molecule is CC/C=C\C/C=C\C/C=C\C/C=C\C/C=C\C/C=C\CCCCCCCCCCCCCCCCC(=O)OCC(COC(=O)CCCCCCCCCCCCCC)OC(=O)CCCCCCCCCCCCCCCCCC. The van der Waals surface area contributed by atoms with Crippen LogP contribution in [0.3, 0.4) is 0 Å². The van der Waals surface area contributed by atoms with Crippen LogP contribution in [0.5, 0.6) is 0 Å². The third-order valence-electron chi connectivity index (χ3n) is 15.2. The zero-order valence-electron chi connectivity index (χ0n) is 52.6. The van der Waals surface area contributed by atoms with Crippen LogP contribution < -0.4 is 0 Å². The van der Waals surface area contributed by atoms with Gasteiger partial charge in [0.2, 0.25) is 0 Å². The van der Waals surface area contributed by atoms with E-state index in [0.29, 0.717) is 19.3 Å². The third kappa shape index (κ3) is 65.5. The lowest BCUT2D eigenvalue weighted by molar-refractivity contribution is -0.167. The van der Waals surface area contributed by atoms with Gasteiger partial charge in [-0.1, -0.05) is 338 Å². The molecule has 79 heavy (non-hydrogen) atoms. The number of unbranched alkanes of at least 4 members (excludes halogenated alkanes) is 40. The molecule has 0 aliphatic carbocycles. The van der Waals surface area contributed by atoms with E-state index in [0.717, 1.165) is 96.3 Å². The van der Waals surface area contributed by atoms with Gasteiger partial charge in [0, 0.05) is 19.3 Å². The molecule has 0 radical (unpaired) electrons. The first kappa shape index (κ1) is 75.8. The van der Waals surface area contributed by atoms with E-state index >= 15 is 0 Å². The zero-order valence-corrected chi connectivity index (χ0v) is 52.6. The van der Waals surface area contributed by atoms with Crippen molar-refractivity contribution < 1.29 is 28.6 Å². The first-order chi connectivity index (χ1) is 39.0. The van der Waals surface area contributed by atoms with Crippen molar-refractivity contribution in [1.29, 1.82) is 0 Å². The third-order valence-corrected chi connectivity index (χ3v) is 15.2. The highest BCUT2D eigenvalue weighted by atomic mass is 16.6. The van der Waals surface area contributed by atoms with E-state index in [-0.39, 0.29) is 31.1 Å². The minimum Gasteiger partial charge on any atom is -0.462 e. The van der Waals surface area contributed by atoms with Gasteiger partial charge in [0.1, 0.15) is 13.2 Å². The summed E-state index contributed by atoms with van der Waals surface area (Å²) in [4.78, 5) is 38.3. The van der Waals surface area contributed by atoms with Crippen molar-refractivity contribution in [1.82, 2.24) is 0 Å². The van der Waals surface area contributed by atoms with E-state index in [9.17, 15) is 14.4 Å². The first-order valence-corrected chi connectivity index (χ1v) is 34.4. The molecule has 0 heterocycles. The molecule has 0 aliphatic rings. The van der Waals surface area contributed by atoms with Crippen LogP contribution in [0.15, 0.2) is 72.9 Å². The molecule has 0 saturated heterocycles. The second-order valence-electron chi connectivity index (χ2n) is 23.1. The number of allylic oxidation sites excluding steroid dienone is 12. The molecule has 6 heteroatoms. The highest BCUT2D eigenvalue weighted by molar-refractivity contribution is 5.71. The highest BCUT2D eigenvalue weighted by Gasteiger charge is 2.19. The molecule has 0 aromatic carbocycles. The normalized spacial score (nSPS) is 12.5. The second kappa shape index (κ2) is 67.4. The summed E-state index contributed by atoms with van der Waals surface area (Å²) in [6, 6.07) is 0. The molecule has 0 aliphatic heterocycles.